The Morgan fingerprint density at radius 2 is 2.14 bits per heavy atom. The first kappa shape index (κ1) is 9.21. The van der Waals surface area contributed by atoms with Crippen LogP contribution in [0, 0.1) is 0 Å². The van der Waals surface area contributed by atoms with Gasteiger partial charge in [0.1, 0.15) is 5.84 Å². The summed E-state index contributed by atoms with van der Waals surface area (Å²) in [4.78, 5) is 4.36. The summed E-state index contributed by atoms with van der Waals surface area (Å²) in [7, 11) is 1.70. The average Bonchev–Trinajstić information content (AvgIpc) is 2.72. The molecule has 0 fully saturated rings. The second-order valence-corrected chi connectivity index (χ2v) is 3.29. The molecule has 0 spiro atoms. The first-order valence-electron chi connectivity index (χ1n) is 4.77. The molecule has 74 valence electrons. The van der Waals surface area contributed by atoms with Gasteiger partial charge < -0.3 is 10.1 Å². The second-order valence-electron chi connectivity index (χ2n) is 3.29. The minimum atomic E-state index is 0.667. The normalized spacial score (nSPS) is 15.1. The van der Waals surface area contributed by atoms with Crippen LogP contribution in [0.15, 0.2) is 29.3 Å². The molecule has 1 aromatic carbocycles. The van der Waals surface area contributed by atoms with Crippen molar-refractivity contribution in [2.75, 3.05) is 20.2 Å². The number of methoxy groups -OCH3 is 1. The molecule has 1 aliphatic heterocycles. The largest absolute Gasteiger partial charge is 0.380 e. The molecule has 0 bridgehead atoms. The van der Waals surface area contributed by atoms with Crippen molar-refractivity contribution in [3.63, 3.8) is 0 Å². The lowest BCUT2D eigenvalue weighted by atomic mass is 10.1. The van der Waals surface area contributed by atoms with Gasteiger partial charge in [-0.25, -0.2) is 0 Å². The molecule has 14 heavy (non-hydrogen) atoms. The lowest BCUT2D eigenvalue weighted by molar-refractivity contribution is 0.185. The van der Waals surface area contributed by atoms with Gasteiger partial charge in [0.05, 0.1) is 13.2 Å². The smallest absolute Gasteiger partial charge is 0.128 e. The Labute approximate surface area is 83.8 Å². The summed E-state index contributed by atoms with van der Waals surface area (Å²) in [6.07, 6.45) is 0. The van der Waals surface area contributed by atoms with E-state index >= 15 is 0 Å². The Kier molecular flexibility index (Phi) is 2.79. The van der Waals surface area contributed by atoms with E-state index in [-0.39, 0.29) is 0 Å². The Morgan fingerprint density at radius 3 is 2.71 bits per heavy atom. The van der Waals surface area contributed by atoms with Gasteiger partial charge in [0, 0.05) is 19.2 Å². The summed E-state index contributed by atoms with van der Waals surface area (Å²) in [5.41, 5.74) is 2.34. The molecule has 0 unspecified atom stereocenters. The van der Waals surface area contributed by atoms with Crippen LogP contribution in [0.1, 0.15) is 11.1 Å². The fraction of sp³-hybridized carbons (Fsp3) is 0.364. The van der Waals surface area contributed by atoms with Crippen LogP contribution in [-0.2, 0) is 11.3 Å². The number of benzene rings is 1. The van der Waals surface area contributed by atoms with Crippen molar-refractivity contribution in [1.29, 1.82) is 0 Å². The van der Waals surface area contributed by atoms with Crippen LogP contribution >= 0.6 is 0 Å². The number of nitrogens with one attached hydrogen (secondary N) is 1. The summed E-state index contributed by atoms with van der Waals surface area (Å²) < 4.78 is 5.05. The van der Waals surface area contributed by atoms with Gasteiger partial charge in [-0.05, 0) is 5.56 Å². The van der Waals surface area contributed by atoms with Crippen LogP contribution in [0.4, 0.5) is 0 Å². The summed E-state index contributed by atoms with van der Waals surface area (Å²) in [5, 5.41) is 3.24. The number of rotatable bonds is 3. The molecule has 1 N–H and O–H groups in total. The van der Waals surface area contributed by atoms with Crippen LogP contribution < -0.4 is 5.32 Å². The van der Waals surface area contributed by atoms with Crippen molar-refractivity contribution < 1.29 is 4.74 Å². The molecule has 1 heterocycles. The molecule has 0 amide bonds. The number of hydrogen-bond donors (Lipinski definition) is 1. The third-order valence-electron chi connectivity index (χ3n) is 2.21. The monoisotopic (exact) mass is 190 g/mol. The Morgan fingerprint density at radius 1 is 1.36 bits per heavy atom. The second kappa shape index (κ2) is 4.24. The predicted molar refractivity (Wildman–Crippen MR) is 56.6 cm³/mol. The maximum absolute atomic E-state index is 5.05. The highest BCUT2D eigenvalue weighted by molar-refractivity contribution is 5.99. The molecular weight excluding hydrogens is 176 g/mol. The minimum Gasteiger partial charge on any atom is -0.380 e. The Bertz CT molecular complexity index is 330. The Hall–Kier alpha value is -1.35. The van der Waals surface area contributed by atoms with E-state index in [2.05, 4.69) is 34.6 Å². The van der Waals surface area contributed by atoms with E-state index in [4.69, 9.17) is 4.74 Å². The minimum absolute atomic E-state index is 0.667. The van der Waals surface area contributed by atoms with Crippen LogP contribution in [0.2, 0.25) is 0 Å². The molecule has 3 heteroatoms. The molecule has 0 saturated carbocycles. The van der Waals surface area contributed by atoms with E-state index in [1.54, 1.807) is 7.11 Å². The number of nitrogens with zero attached hydrogens (tertiary/aromatic N) is 1. The zero-order valence-electron chi connectivity index (χ0n) is 8.29. The van der Waals surface area contributed by atoms with Crippen molar-refractivity contribution in [1.82, 2.24) is 5.32 Å². The van der Waals surface area contributed by atoms with E-state index in [1.807, 2.05) is 0 Å². The fourth-order valence-corrected chi connectivity index (χ4v) is 1.52. The van der Waals surface area contributed by atoms with Crippen LogP contribution in [-0.4, -0.2) is 26.0 Å². The summed E-state index contributed by atoms with van der Waals surface area (Å²) in [5.74, 6) is 1.01. The number of ether oxygens (including phenoxy) is 1. The standard InChI is InChI=1S/C11H14N2O/c1-14-8-9-2-4-10(5-3-9)11-12-6-7-13-11/h2-5H,6-8H2,1H3,(H,12,13). The van der Waals surface area contributed by atoms with Gasteiger partial charge in [-0.1, -0.05) is 24.3 Å². The zero-order chi connectivity index (χ0) is 9.80. The van der Waals surface area contributed by atoms with Gasteiger partial charge >= 0.3 is 0 Å². The molecule has 0 radical (unpaired) electrons. The zero-order valence-corrected chi connectivity index (χ0v) is 8.29. The van der Waals surface area contributed by atoms with Gasteiger partial charge in [-0.15, -0.1) is 0 Å². The van der Waals surface area contributed by atoms with Gasteiger partial charge in [0.25, 0.3) is 0 Å². The maximum Gasteiger partial charge on any atom is 0.128 e. The van der Waals surface area contributed by atoms with Gasteiger partial charge in [0.2, 0.25) is 0 Å². The van der Waals surface area contributed by atoms with Crippen molar-refractivity contribution in [2.24, 2.45) is 4.99 Å². The summed E-state index contributed by atoms with van der Waals surface area (Å²) in [6.45, 7) is 2.50. The summed E-state index contributed by atoms with van der Waals surface area (Å²) >= 11 is 0. The molecule has 1 aromatic rings. The Balaban J connectivity index is 2.13. The number of hydrogen-bond acceptors (Lipinski definition) is 3. The first-order chi connectivity index (χ1) is 6.90. The fourth-order valence-electron chi connectivity index (χ4n) is 1.52. The lowest BCUT2D eigenvalue weighted by Crippen LogP contribution is -2.19. The maximum atomic E-state index is 5.05. The third kappa shape index (κ3) is 1.93. The van der Waals surface area contributed by atoms with Crippen LogP contribution in [0.3, 0.4) is 0 Å². The van der Waals surface area contributed by atoms with Crippen LogP contribution in [0.25, 0.3) is 0 Å². The highest BCUT2D eigenvalue weighted by Gasteiger charge is 2.06. The molecule has 2 rings (SSSR count). The van der Waals surface area contributed by atoms with Crippen LogP contribution in [0.5, 0.6) is 0 Å². The first-order valence-corrected chi connectivity index (χ1v) is 4.77. The lowest BCUT2D eigenvalue weighted by Gasteiger charge is -2.03. The predicted octanol–water partition coefficient (Wildman–Crippen LogP) is 1.18. The molecular formula is C11H14N2O. The molecule has 0 aromatic heterocycles. The topological polar surface area (TPSA) is 33.6 Å². The molecule has 1 aliphatic rings. The SMILES string of the molecule is COCc1ccc(C2=NCCN2)cc1. The van der Waals surface area contributed by atoms with Gasteiger partial charge in [-0.2, -0.15) is 0 Å². The van der Waals surface area contributed by atoms with Gasteiger partial charge in [-0.3, -0.25) is 4.99 Å². The van der Waals surface area contributed by atoms with E-state index in [1.165, 1.54) is 5.56 Å². The molecule has 0 aliphatic carbocycles. The van der Waals surface area contributed by atoms with Crippen molar-refractivity contribution in [3.8, 4) is 0 Å². The molecule has 0 saturated heterocycles. The number of aliphatic imine (C=N–C) groups is 1. The van der Waals surface area contributed by atoms with E-state index < -0.39 is 0 Å². The van der Waals surface area contributed by atoms with E-state index in [0.717, 1.165) is 24.5 Å². The van der Waals surface area contributed by atoms with E-state index in [9.17, 15) is 0 Å². The van der Waals surface area contributed by atoms with E-state index in [0.29, 0.717) is 6.61 Å². The van der Waals surface area contributed by atoms with Gasteiger partial charge in [0.15, 0.2) is 0 Å². The number of amidine groups is 1. The van der Waals surface area contributed by atoms with Crippen molar-refractivity contribution in [2.45, 2.75) is 6.61 Å². The summed E-state index contributed by atoms with van der Waals surface area (Å²) in [6, 6.07) is 8.29. The van der Waals surface area contributed by atoms with Crippen molar-refractivity contribution in [3.05, 3.63) is 35.4 Å². The average molecular weight is 190 g/mol. The molecule has 0 atom stereocenters. The third-order valence-corrected chi connectivity index (χ3v) is 2.21. The highest BCUT2D eigenvalue weighted by atomic mass is 16.5. The molecule has 3 nitrogen and oxygen atoms in total. The quantitative estimate of drug-likeness (QED) is 0.776. The highest BCUT2D eigenvalue weighted by Crippen LogP contribution is 2.07. The van der Waals surface area contributed by atoms with Crippen molar-refractivity contribution >= 4 is 5.84 Å².